The Labute approximate surface area is 181 Å². The van der Waals surface area contributed by atoms with Gasteiger partial charge >= 0.3 is 5.97 Å². The van der Waals surface area contributed by atoms with Crippen LogP contribution in [0.25, 0.3) is 11.4 Å². The number of carbonyl (C=O) groups excluding carboxylic acids is 2. The number of methoxy groups -OCH3 is 1. The van der Waals surface area contributed by atoms with E-state index in [4.69, 9.17) is 4.52 Å². The van der Waals surface area contributed by atoms with Crippen LogP contribution in [-0.2, 0) is 14.3 Å². The highest BCUT2D eigenvalue weighted by molar-refractivity contribution is 6.05. The number of halogens is 1. The molecule has 0 atom stereocenters. The van der Waals surface area contributed by atoms with Crippen LogP contribution in [0.4, 0.5) is 10.1 Å². The molecule has 0 saturated heterocycles. The molecule has 0 unspecified atom stereocenters. The highest BCUT2D eigenvalue weighted by Gasteiger charge is 2.30. The summed E-state index contributed by atoms with van der Waals surface area (Å²) in [5, 5.41) is 4.07. The van der Waals surface area contributed by atoms with Crippen molar-refractivity contribution in [1.82, 2.24) is 10.1 Å². The van der Waals surface area contributed by atoms with Gasteiger partial charge in [0.2, 0.25) is 11.7 Å². The number of anilines is 1. The summed E-state index contributed by atoms with van der Waals surface area (Å²) in [6.45, 7) is 3.54. The molecule has 0 spiro atoms. The number of ether oxygens (including phenoxy) is 1. The van der Waals surface area contributed by atoms with Gasteiger partial charge in [-0.1, -0.05) is 30.3 Å². The standard InChI is InChI=1S/C23H28FN3O4/c1-16(12-13-24)23(29)27(14-5-3-4-9-20(28)30-2)19-8-6-7-18(15-19)21-25-22(31-26-21)17-10-11-17/h6-8,15,17H,1,3-5,9-14H2,2H3. The van der Waals surface area contributed by atoms with E-state index >= 15 is 0 Å². The van der Waals surface area contributed by atoms with Gasteiger partial charge in [0.05, 0.1) is 13.8 Å². The molecule has 0 N–H and O–H groups in total. The fourth-order valence-electron chi connectivity index (χ4n) is 3.24. The molecular weight excluding hydrogens is 401 g/mol. The van der Waals surface area contributed by atoms with E-state index in [1.807, 2.05) is 24.3 Å². The van der Waals surface area contributed by atoms with Crippen LogP contribution in [0, 0.1) is 0 Å². The number of hydrogen-bond acceptors (Lipinski definition) is 6. The van der Waals surface area contributed by atoms with E-state index in [2.05, 4.69) is 21.5 Å². The molecule has 1 aromatic carbocycles. The SMILES string of the molecule is C=C(CCF)C(=O)N(CCCCCC(=O)OC)c1cccc(-c2noc(C3CC3)n2)c1. The minimum Gasteiger partial charge on any atom is -0.469 e. The van der Waals surface area contributed by atoms with Crippen molar-refractivity contribution >= 4 is 17.6 Å². The Kier molecular flexibility index (Phi) is 7.92. The van der Waals surface area contributed by atoms with Gasteiger partial charge in [-0.3, -0.25) is 14.0 Å². The maximum atomic E-state index is 12.9. The molecule has 31 heavy (non-hydrogen) atoms. The first-order chi connectivity index (χ1) is 15.0. The molecule has 0 radical (unpaired) electrons. The number of benzene rings is 1. The van der Waals surface area contributed by atoms with Gasteiger partial charge < -0.3 is 14.2 Å². The number of hydrogen-bond donors (Lipinski definition) is 0. The smallest absolute Gasteiger partial charge is 0.305 e. The summed E-state index contributed by atoms with van der Waals surface area (Å²) in [7, 11) is 1.36. The maximum absolute atomic E-state index is 12.9. The zero-order valence-electron chi connectivity index (χ0n) is 17.8. The lowest BCUT2D eigenvalue weighted by atomic mass is 10.1. The normalized spacial score (nSPS) is 13.1. The van der Waals surface area contributed by atoms with Crippen LogP contribution in [0.2, 0.25) is 0 Å². The van der Waals surface area contributed by atoms with Gasteiger partial charge in [-0.2, -0.15) is 4.98 Å². The van der Waals surface area contributed by atoms with Gasteiger partial charge in [0.25, 0.3) is 5.91 Å². The Morgan fingerprint density at radius 3 is 2.77 bits per heavy atom. The number of nitrogens with zero attached hydrogens (tertiary/aromatic N) is 3. The quantitative estimate of drug-likeness (QED) is 0.279. The highest BCUT2D eigenvalue weighted by Crippen LogP contribution is 2.39. The van der Waals surface area contributed by atoms with Crippen LogP contribution in [0.1, 0.15) is 56.8 Å². The molecule has 7 nitrogen and oxygen atoms in total. The third kappa shape index (κ3) is 6.23. The number of amides is 1. The summed E-state index contributed by atoms with van der Waals surface area (Å²) in [5.41, 5.74) is 1.62. The summed E-state index contributed by atoms with van der Waals surface area (Å²) in [6, 6.07) is 7.34. The van der Waals surface area contributed by atoms with Crippen LogP contribution in [0.5, 0.6) is 0 Å². The Morgan fingerprint density at radius 1 is 1.26 bits per heavy atom. The van der Waals surface area contributed by atoms with E-state index in [0.29, 0.717) is 49.1 Å². The van der Waals surface area contributed by atoms with Crippen molar-refractivity contribution in [1.29, 1.82) is 0 Å². The molecule has 1 aliphatic rings. The predicted molar refractivity (Wildman–Crippen MR) is 114 cm³/mol. The number of carbonyl (C=O) groups is 2. The van der Waals surface area contributed by atoms with Crippen molar-refractivity contribution < 1.29 is 23.2 Å². The average molecular weight is 429 g/mol. The summed E-state index contributed by atoms with van der Waals surface area (Å²) in [5.74, 6) is 0.931. The number of unbranched alkanes of at least 4 members (excludes halogenated alkanes) is 2. The van der Waals surface area contributed by atoms with Crippen molar-refractivity contribution in [2.75, 3.05) is 25.2 Å². The lowest BCUT2D eigenvalue weighted by molar-refractivity contribution is -0.140. The lowest BCUT2D eigenvalue weighted by Crippen LogP contribution is -2.33. The Morgan fingerprint density at radius 2 is 2.06 bits per heavy atom. The molecule has 1 aromatic heterocycles. The maximum Gasteiger partial charge on any atom is 0.305 e. The highest BCUT2D eigenvalue weighted by atomic mass is 19.1. The van der Waals surface area contributed by atoms with Gasteiger partial charge in [-0.15, -0.1) is 0 Å². The first kappa shape index (κ1) is 22.7. The van der Waals surface area contributed by atoms with Crippen LogP contribution in [0.3, 0.4) is 0 Å². The van der Waals surface area contributed by atoms with Crippen LogP contribution in [-0.4, -0.2) is 42.3 Å². The molecule has 166 valence electrons. The van der Waals surface area contributed by atoms with Crippen molar-refractivity contribution in [2.24, 2.45) is 0 Å². The number of esters is 1. The second-order valence-corrected chi connectivity index (χ2v) is 7.67. The first-order valence-corrected chi connectivity index (χ1v) is 10.6. The minimum atomic E-state index is -0.635. The Hall–Kier alpha value is -3.03. The molecule has 1 amide bonds. The van der Waals surface area contributed by atoms with E-state index in [1.54, 1.807) is 4.90 Å². The lowest BCUT2D eigenvalue weighted by Gasteiger charge is -2.24. The first-order valence-electron chi connectivity index (χ1n) is 10.6. The molecule has 2 aromatic rings. The summed E-state index contributed by atoms with van der Waals surface area (Å²) in [4.78, 5) is 30.3. The van der Waals surface area contributed by atoms with E-state index in [1.165, 1.54) is 7.11 Å². The number of rotatable bonds is 12. The second kappa shape index (κ2) is 10.8. The van der Waals surface area contributed by atoms with E-state index in [0.717, 1.165) is 24.8 Å². The molecule has 0 aliphatic heterocycles. The molecule has 3 rings (SSSR count). The largest absolute Gasteiger partial charge is 0.469 e. The van der Waals surface area contributed by atoms with E-state index in [-0.39, 0.29) is 23.9 Å². The fraction of sp³-hybridized carbons (Fsp3) is 0.478. The van der Waals surface area contributed by atoms with Gasteiger partial charge in [-0.25, -0.2) is 0 Å². The molecule has 0 bridgehead atoms. The summed E-state index contributed by atoms with van der Waals surface area (Å²) in [6.07, 6.45) is 4.58. The van der Waals surface area contributed by atoms with Crippen LogP contribution < -0.4 is 4.90 Å². The van der Waals surface area contributed by atoms with Gasteiger partial charge in [0.1, 0.15) is 0 Å². The monoisotopic (exact) mass is 429 g/mol. The van der Waals surface area contributed by atoms with Crippen molar-refractivity contribution in [3.63, 3.8) is 0 Å². The minimum absolute atomic E-state index is 0.00699. The van der Waals surface area contributed by atoms with Gasteiger partial charge in [0, 0.05) is 42.1 Å². The van der Waals surface area contributed by atoms with E-state index in [9.17, 15) is 14.0 Å². The molecule has 8 heteroatoms. The Bertz CT molecular complexity index is 923. The molecule has 1 saturated carbocycles. The molecular formula is C23H28FN3O4. The summed E-state index contributed by atoms with van der Waals surface area (Å²) >= 11 is 0. The molecule has 1 fully saturated rings. The predicted octanol–water partition coefficient (Wildman–Crippen LogP) is 4.60. The summed E-state index contributed by atoms with van der Waals surface area (Å²) < 4.78 is 22.8. The number of aromatic nitrogens is 2. The third-order valence-corrected chi connectivity index (χ3v) is 5.22. The molecule has 1 aliphatic carbocycles. The van der Waals surface area contributed by atoms with Gasteiger partial charge in [0.15, 0.2) is 0 Å². The van der Waals surface area contributed by atoms with Crippen molar-refractivity contribution in [2.45, 2.75) is 50.9 Å². The fourth-order valence-corrected chi connectivity index (χ4v) is 3.24. The Balaban J connectivity index is 1.73. The van der Waals surface area contributed by atoms with Crippen LogP contribution >= 0.6 is 0 Å². The van der Waals surface area contributed by atoms with Crippen molar-refractivity contribution in [3.8, 4) is 11.4 Å². The van der Waals surface area contributed by atoms with E-state index < -0.39 is 6.67 Å². The van der Waals surface area contributed by atoms with Crippen LogP contribution in [0.15, 0.2) is 40.9 Å². The zero-order valence-corrected chi connectivity index (χ0v) is 17.8. The molecule has 1 heterocycles. The zero-order chi connectivity index (χ0) is 22.2. The number of alkyl halides is 1. The average Bonchev–Trinajstić information content (AvgIpc) is 3.52. The third-order valence-electron chi connectivity index (χ3n) is 5.22. The topological polar surface area (TPSA) is 85.5 Å². The van der Waals surface area contributed by atoms with Gasteiger partial charge in [-0.05, 0) is 37.8 Å². The second-order valence-electron chi connectivity index (χ2n) is 7.67. The van der Waals surface area contributed by atoms with Crippen molar-refractivity contribution in [3.05, 3.63) is 42.3 Å².